The first-order chi connectivity index (χ1) is 16.4. The quantitative estimate of drug-likeness (QED) is 0.211. The first-order valence-electron chi connectivity index (χ1n) is 9.83. The van der Waals surface area contributed by atoms with E-state index in [-0.39, 0.29) is 34.8 Å². The summed E-state index contributed by atoms with van der Waals surface area (Å²) >= 11 is 13.5. The summed E-state index contributed by atoms with van der Waals surface area (Å²) < 4.78 is 6.98. The van der Waals surface area contributed by atoms with Gasteiger partial charge in [0, 0.05) is 33.1 Å². The number of nitro benzene ring substituents is 1. The molecule has 0 saturated heterocycles. The molecule has 0 fully saturated rings. The van der Waals surface area contributed by atoms with Crippen molar-refractivity contribution in [2.24, 2.45) is 0 Å². The Balaban J connectivity index is 1.40. The summed E-state index contributed by atoms with van der Waals surface area (Å²) in [6, 6.07) is 20.4. The monoisotopic (exact) mass is 514 g/mol. The molecule has 1 heterocycles. The van der Waals surface area contributed by atoms with Gasteiger partial charge in [-0.3, -0.25) is 14.9 Å². The average molecular weight is 515 g/mol. The number of rotatable bonds is 8. The number of carbonyl (C=O) groups excluding carboxylic acids is 1. The molecule has 34 heavy (non-hydrogen) atoms. The van der Waals surface area contributed by atoms with Crippen LogP contribution < -0.4 is 10.1 Å². The van der Waals surface area contributed by atoms with Crippen molar-refractivity contribution in [1.29, 1.82) is 0 Å². The number of ether oxygens (including phenoxy) is 1. The maximum Gasteiger partial charge on any atom is 0.276 e. The second kappa shape index (κ2) is 10.6. The van der Waals surface area contributed by atoms with Crippen LogP contribution in [0.2, 0.25) is 10.0 Å². The second-order valence-corrected chi connectivity index (χ2v) is 8.85. The third-order valence-electron chi connectivity index (χ3n) is 4.53. The van der Waals surface area contributed by atoms with E-state index in [0.29, 0.717) is 10.7 Å². The second-order valence-electron chi connectivity index (χ2n) is 6.89. The maximum atomic E-state index is 12.8. The third-order valence-corrected chi connectivity index (χ3v) is 6.16. The highest BCUT2D eigenvalue weighted by molar-refractivity contribution is 7.99. The van der Waals surface area contributed by atoms with Crippen molar-refractivity contribution in [3.63, 3.8) is 0 Å². The van der Waals surface area contributed by atoms with E-state index in [0.717, 1.165) is 9.79 Å². The number of hydrogen-bond acceptors (Lipinski definition) is 6. The van der Waals surface area contributed by atoms with Gasteiger partial charge in [0.2, 0.25) is 0 Å². The molecule has 172 valence electrons. The number of aromatic nitrogens is 2. The van der Waals surface area contributed by atoms with Gasteiger partial charge in [0.15, 0.2) is 12.4 Å². The largest absolute Gasteiger partial charge is 0.470 e. The summed E-state index contributed by atoms with van der Waals surface area (Å²) in [4.78, 5) is 24.9. The molecule has 0 bridgehead atoms. The SMILES string of the molecule is O=C(Nc1ccccc1Sc1ccc(Cl)cc1)c1ccn(COc2ccc([N+](=O)[O-])cc2Cl)n1. The molecule has 0 aliphatic carbocycles. The van der Waals surface area contributed by atoms with Crippen LogP contribution in [0.1, 0.15) is 10.5 Å². The number of halogens is 2. The van der Waals surface area contributed by atoms with E-state index < -0.39 is 4.92 Å². The molecule has 0 atom stereocenters. The van der Waals surface area contributed by atoms with E-state index in [2.05, 4.69) is 10.4 Å². The number of hydrogen-bond donors (Lipinski definition) is 1. The highest BCUT2D eigenvalue weighted by Crippen LogP contribution is 2.34. The highest BCUT2D eigenvalue weighted by Gasteiger charge is 2.14. The van der Waals surface area contributed by atoms with E-state index in [1.165, 1.54) is 34.6 Å². The number of benzene rings is 3. The van der Waals surface area contributed by atoms with E-state index in [4.69, 9.17) is 27.9 Å². The number of anilines is 1. The fourth-order valence-corrected chi connectivity index (χ4v) is 4.14. The fourth-order valence-electron chi connectivity index (χ4n) is 2.89. The van der Waals surface area contributed by atoms with Gasteiger partial charge in [-0.05, 0) is 48.5 Å². The van der Waals surface area contributed by atoms with Gasteiger partial charge < -0.3 is 10.1 Å². The van der Waals surface area contributed by atoms with Crippen molar-refractivity contribution < 1.29 is 14.5 Å². The lowest BCUT2D eigenvalue weighted by molar-refractivity contribution is -0.384. The van der Waals surface area contributed by atoms with Crippen LogP contribution in [0.5, 0.6) is 5.75 Å². The van der Waals surface area contributed by atoms with Crippen molar-refractivity contribution in [1.82, 2.24) is 9.78 Å². The van der Waals surface area contributed by atoms with Crippen LogP contribution in [-0.4, -0.2) is 20.6 Å². The van der Waals surface area contributed by atoms with Crippen LogP contribution in [-0.2, 0) is 6.73 Å². The Morgan fingerprint density at radius 3 is 2.59 bits per heavy atom. The minimum Gasteiger partial charge on any atom is -0.470 e. The van der Waals surface area contributed by atoms with Gasteiger partial charge in [0.05, 0.1) is 15.6 Å². The zero-order chi connectivity index (χ0) is 24.1. The predicted molar refractivity (Wildman–Crippen MR) is 131 cm³/mol. The molecule has 8 nitrogen and oxygen atoms in total. The van der Waals surface area contributed by atoms with E-state index in [1.807, 2.05) is 48.5 Å². The summed E-state index contributed by atoms with van der Waals surface area (Å²) in [5.41, 5.74) is 0.713. The summed E-state index contributed by atoms with van der Waals surface area (Å²) in [6.07, 6.45) is 1.59. The van der Waals surface area contributed by atoms with Gasteiger partial charge in [-0.2, -0.15) is 5.10 Å². The number of carbonyl (C=O) groups is 1. The zero-order valence-corrected chi connectivity index (χ0v) is 19.7. The molecule has 0 radical (unpaired) electrons. The molecule has 0 saturated carbocycles. The summed E-state index contributed by atoms with van der Waals surface area (Å²) in [6.45, 7) is -0.0339. The topological polar surface area (TPSA) is 99.3 Å². The smallest absolute Gasteiger partial charge is 0.276 e. The van der Waals surface area contributed by atoms with Crippen LogP contribution in [0.15, 0.2) is 88.8 Å². The number of para-hydroxylation sites is 1. The Bertz CT molecular complexity index is 1350. The number of amides is 1. The number of nitro groups is 1. The molecule has 4 aromatic rings. The normalized spacial score (nSPS) is 10.6. The van der Waals surface area contributed by atoms with Crippen LogP contribution in [0, 0.1) is 10.1 Å². The highest BCUT2D eigenvalue weighted by atomic mass is 35.5. The van der Waals surface area contributed by atoms with E-state index >= 15 is 0 Å². The molecule has 1 N–H and O–H groups in total. The van der Waals surface area contributed by atoms with Crippen molar-refractivity contribution in [2.45, 2.75) is 16.5 Å². The van der Waals surface area contributed by atoms with Crippen LogP contribution in [0.25, 0.3) is 0 Å². The first-order valence-corrected chi connectivity index (χ1v) is 11.4. The Hall–Kier alpha value is -3.53. The Morgan fingerprint density at radius 2 is 1.85 bits per heavy atom. The lowest BCUT2D eigenvalue weighted by atomic mass is 10.3. The van der Waals surface area contributed by atoms with Crippen LogP contribution >= 0.6 is 35.0 Å². The third kappa shape index (κ3) is 5.88. The van der Waals surface area contributed by atoms with Gasteiger partial charge in [-0.1, -0.05) is 47.1 Å². The Labute approximate surface area is 208 Å². The molecule has 4 rings (SSSR count). The average Bonchev–Trinajstić information content (AvgIpc) is 3.30. The summed E-state index contributed by atoms with van der Waals surface area (Å²) in [5.74, 6) is -0.113. The van der Waals surface area contributed by atoms with Gasteiger partial charge in [0.25, 0.3) is 11.6 Å². The van der Waals surface area contributed by atoms with Crippen molar-refractivity contribution >= 4 is 52.2 Å². The van der Waals surface area contributed by atoms with Gasteiger partial charge in [-0.25, -0.2) is 4.68 Å². The first kappa shape index (κ1) is 23.6. The Kier molecular flexibility index (Phi) is 7.36. The van der Waals surface area contributed by atoms with Crippen molar-refractivity contribution in [3.05, 3.63) is 105 Å². The summed E-state index contributed by atoms with van der Waals surface area (Å²) in [7, 11) is 0. The maximum absolute atomic E-state index is 12.8. The molecule has 0 spiro atoms. The van der Waals surface area contributed by atoms with Gasteiger partial charge >= 0.3 is 0 Å². The molecule has 11 heteroatoms. The standard InChI is InChI=1S/C23H16Cl2N4O4S/c24-15-5-8-17(9-6-15)34-22-4-2-1-3-19(22)26-23(30)20-11-12-28(27-20)14-33-21-10-7-16(29(31)32)13-18(21)25/h1-13H,14H2,(H,26,30). The number of nitrogens with zero attached hydrogens (tertiary/aromatic N) is 3. The molecule has 1 aromatic heterocycles. The summed E-state index contributed by atoms with van der Waals surface area (Å²) in [5, 5.41) is 18.7. The van der Waals surface area contributed by atoms with Crippen molar-refractivity contribution in [2.75, 3.05) is 5.32 Å². The molecular formula is C23H16Cl2N4O4S. The molecular weight excluding hydrogens is 499 g/mol. The van der Waals surface area contributed by atoms with E-state index in [9.17, 15) is 14.9 Å². The van der Waals surface area contributed by atoms with Crippen LogP contribution in [0.3, 0.4) is 0 Å². The molecule has 0 unspecified atom stereocenters. The fraction of sp³-hybridized carbons (Fsp3) is 0.0435. The number of non-ortho nitro benzene ring substituents is 1. The molecule has 0 aliphatic heterocycles. The lowest BCUT2D eigenvalue weighted by Crippen LogP contribution is -2.14. The minimum atomic E-state index is -0.541. The molecule has 1 amide bonds. The van der Waals surface area contributed by atoms with Crippen molar-refractivity contribution in [3.8, 4) is 5.75 Å². The predicted octanol–water partition coefficient (Wildman–Crippen LogP) is 6.54. The van der Waals surface area contributed by atoms with Gasteiger partial charge in [0.1, 0.15) is 5.75 Å². The van der Waals surface area contributed by atoms with Crippen LogP contribution in [0.4, 0.5) is 11.4 Å². The molecule has 0 aliphatic rings. The molecule has 3 aromatic carbocycles. The van der Waals surface area contributed by atoms with E-state index in [1.54, 1.807) is 12.3 Å². The lowest BCUT2D eigenvalue weighted by Gasteiger charge is -2.10. The van der Waals surface area contributed by atoms with Gasteiger partial charge in [-0.15, -0.1) is 0 Å². The number of nitrogens with one attached hydrogen (secondary N) is 1. The Morgan fingerprint density at radius 1 is 1.09 bits per heavy atom. The zero-order valence-electron chi connectivity index (χ0n) is 17.4. The minimum absolute atomic E-state index is 0.0339.